The highest BCUT2D eigenvalue weighted by molar-refractivity contribution is 5.83. The standard InChI is InChI=1S/C15H27NO9.C2H6/c17-3-1-4-22-6-8-24-10-11-25-9-7-23-5-2-16-14(19)12-13(18)15(20)21;1-2/h3,13,18H,1-2,4-12H2,(H,16,19)(H,20,21);1-2H3. The van der Waals surface area contributed by atoms with Crippen molar-refractivity contribution in [2.24, 2.45) is 0 Å². The average molecular weight is 395 g/mol. The lowest BCUT2D eigenvalue weighted by Crippen LogP contribution is -2.33. The van der Waals surface area contributed by atoms with E-state index in [-0.39, 0.29) is 13.2 Å². The van der Waals surface area contributed by atoms with E-state index in [1.54, 1.807) is 0 Å². The number of aliphatic carboxylic acids is 1. The first-order valence-corrected chi connectivity index (χ1v) is 9.00. The Morgan fingerprint density at radius 3 is 1.78 bits per heavy atom. The number of hydrogen-bond acceptors (Lipinski definition) is 8. The molecule has 0 aliphatic heterocycles. The third-order valence-corrected chi connectivity index (χ3v) is 2.73. The maximum absolute atomic E-state index is 11.2. The van der Waals surface area contributed by atoms with Crippen LogP contribution < -0.4 is 5.32 Å². The molecule has 0 aromatic rings. The Bertz CT molecular complexity index is 366. The molecule has 160 valence electrons. The molecule has 3 N–H and O–H groups in total. The second-order valence-corrected chi connectivity index (χ2v) is 4.81. The van der Waals surface area contributed by atoms with E-state index < -0.39 is 24.4 Å². The van der Waals surface area contributed by atoms with Gasteiger partial charge in [-0.05, 0) is 0 Å². The third-order valence-electron chi connectivity index (χ3n) is 2.73. The molecule has 0 aliphatic rings. The van der Waals surface area contributed by atoms with Crippen LogP contribution in [0.15, 0.2) is 0 Å². The molecule has 1 unspecified atom stereocenters. The van der Waals surface area contributed by atoms with Gasteiger partial charge in [-0.1, -0.05) is 13.8 Å². The molecule has 0 radical (unpaired) electrons. The molecule has 10 nitrogen and oxygen atoms in total. The van der Waals surface area contributed by atoms with Crippen molar-refractivity contribution in [3.63, 3.8) is 0 Å². The Hall–Kier alpha value is -1.59. The van der Waals surface area contributed by atoms with Gasteiger partial charge in [0, 0.05) is 13.0 Å². The Labute approximate surface area is 160 Å². The van der Waals surface area contributed by atoms with Crippen LogP contribution in [0.1, 0.15) is 26.7 Å². The molecule has 0 bridgehead atoms. The summed E-state index contributed by atoms with van der Waals surface area (Å²) in [6, 6.07) is 0. The van der Waals surface area contributed by atoms with Gasteiger partial charge in [0.05, 0.1) is 59.3 Å². The first kappa shape index (κ1) is 27.6. The quantitative estimate of drug-likeness (QED) is 0.209. The van der Waals surface area contributed by atoms with Crippen LogP contribution >= 0.6 is 0 Å². The van der Waals surface area contributed by atoms with Gasteiger partial charge >= 0.3 is 5.97 Å². The zero-order chi connectivity index (χ0) is 20.8. The van der Waals surface area contributed by atoms with Gasteiger partial charge in [0.1, 0.15) is 6.29 Å². The summed E-state index contributed by atoms with van der Waals surface area (Å²) < 4.78 is 20.8. The third kappa shape index (κ3) is 22.4. The summed E-state index contributed by atoms with van der Waals surface area (Å²) in [5.41, 5.74) is 0. The molecular formula is C17H33NO9. The molecule has 0 saturated heterocycles. The number of aliphatic hydroxyl groups is 1. The van der Waals surface area contributed by atoms with E-state index in [1.807, 2.05) is 13.8 Å². The van der Waals surface area contributed by atoms with Crippen LogP contribution in [0.4, 0.5) is 0 Å². The van der Waals surface area contributed by atoms with Crippen LogP contribution in [0.5, 0.6) is 0 Å². The highest BCUT2D eigenvalue weighted by atomic mass is 16.6. The molecule has 27 heavy (non-hydrogen) atoms. The fourth-order valence-electron chi connectivity index (χ4n) is 1.49. The molecule has 10 heteroatoms. The number of carbonyl (C=O) groups excluding carboxylic acids is 2. The van der Waals surface area contributed by atoms with E-state index in [0.717, 1.165) is 6.29 Å². The number of rotatable bonds is 18. The number of aldehydes is 1. The maximum atomic E-state index is 11.2. The molecule has 0 aromatic heterocycles. The molecule has 0 heterocycles. The fourth-order valence-corrected chi connectivity index (χ4v) is 1.49. The molecule has 0 saturated carbocycles. The smallest absolute Gasteiger partial charge is 0.333 e. The largest absolute Gasteiger partial charge is 0.479 e. The van der Waals surface area contributed by atoms with E-state index >= 15 is 0 Å². The van der Waals surface area contributed by atoms with Crippen LogP contribution in [0, 0.1) is 0 Å². The monoisotopic (exact) mass is 395 g/mol. The molecule has 0 rings (SSSR count). The Morgan fingerprint density at radius 1 is 0.889 bits per heavy atom. The van der Waals surface area contributed by atoms with Crippen molar-refractivity contribution in [1.29, 1.82) is 0 Å². The van der Waals surface area contributed by atoms with Gasteiger partial charge in [-0.15, -0.1) is 0 Å². The van der Waals surface area contributed by atoms with Gasteiger partial charge in [0.25, 0.3) is 0 Å². The predicted molar refractivity (Wildman–Crippen MR) is 96.6 cm³/mol. The van der Waals surface area contributed by atoms with Crippen LogP contribution in [0.25, 0.3) is 0 Å². The number of aliphatic hydroxyl groups excluding tert-OH is 1. The highest BCUT2D eigenvalue weighted by Crippen LogP contribution is 1.91. The number of ether oxygens (including phenoxy) is 4. The van der Waals surface area contributed by atoms with Gasteiger partial charge < -0.3 is 39.3 Å². The first-order chi connectivity index (χ1) is 13.1. The maximum Gasteiger partial charge on any atom is 0.333 e. The normalized spacial score (nSPS) is 11.2. The summed E-state index contributed by atoms with van der Waals surface area (Å²) >= 11 is 0. The number of nitrogens with one attached hydrogen (secondary N) is 1. The van der Waals surface area contributed by atoms with Crippen molar-refractivity contribution in [2.75, 3.05) is 59.4 Å². The van der Waals surface area contributed by atoms with Crippen molar-refractivity contribution in [1.82, 2.24) is 5.32 Å². The van der Waals surface area contributed by atoms with Gasteiger partial charge in [-0.2, -0.15) is 0 Å². The number of carboxylic acid groups (broad SMARTS) is 1. The van der Waals surface area contributed by atoms with Crippen LogP contribution in [-0.2, 0) is 33.3 Å². The zero-order valence-corrected chi connectivity index (χ0v) is 16.2. The van der Waals surface area contributed by atoms with E-state index in [1.165, 1.54) is 0 Å². The predicted octanol–water partition coefficient (Wildman–Crippen LogP) is -0.380. The minimum absolute atomic E-state index is 0.221. The Morgan fingerprint density at radius 2 is 1.33 bits per heavy atom. The number of hydrogen-bond donors (Lipinski definition) is 3. The van der Waals surface area contributed by atoms with Crippen molar-refractivity contribution in [3.05, 3.63) is 0 Å². The summed E-state index contributed by atoms with van der Waals surface area (Å²) in [6.45, 7) is 7.33. The lowest BCUT2D eigenvalue weighted by atomic mass is 10.2. The van der Waals surface area contributed by atoms with E-state index in [2.05, 4.69) is 5.32 Å². The van der Waals surface area contributed by atoms with Gasteiger partial charge in [0.15, 0.2) is 6.10 Å². The SMILES string of the molecule is CC.O=CCCOCCOCCOCCOCCNC(=O)CC(O)C(=O)O. The second kappa shape index (κ2) is 22.5. The summed E-state index contributed by atoms with van der Waals surface area (Å²) in [7, 11) is 0. The molecule has 1 atom stereocenters. The zero-order valence-electron chi connectivity index (χ0n) is 16.2. The lowest BCUT2D eigenvalue weighted by Gasteiger charge is -2.08. The second-order valence-electron chi connectivity index (χ2n) is 4.81. The Kier molecular flexibility index (Phi) is 23.0. The molecule has 0 aliphatic carbocycles. The lowest BCUT2D eigenvalue weighted by molar-refractivity contribution is -0.149. The number of amides is 1. The average Bonchev–Trinajstić information content (AvgIpc) is 2.66. The molecule has 1 amide bonds. The number of carbonyl (C=O) groups is 3. The van der Waals surface area contributed by atoms with E-state index in [4.69, 9.17) is 29.2 Å². The molecule has 0 fully saturated rings. The van der Waals surface area contributed by atoms with Crippen molar-refractivity contribution in [3.8, 4) is 0 Å². The highest BCUT2D eigenvalue weighted by Gasteiger charge is 2.17. The van der Waals surface area contributed by atoms with Gasteiger partial charge in [0.2, 0.25) is 5.91 Å². The van der Waals surface area contributed by atoms with Crippen molar-refractivity contribution >= 4 is 18.2 Å². The van der Waals surface area contributed by atoms with Crippen molar-refractivity contribution < 1.29 is 43.5 Å². The van der Waals surface area contributed by atoms with Crippen LogP contribution in [0.3, 0.4) is 0 Å². The topological polar surface area (TPSA) is 141 Å². The van der Waals surface area contributed by atoms with Crippen LogP contribution in [-0.4, -0.2) is 93.9 Å². The molecular weight excluding hydrogens is 362 g/mol. The minimum atomic E-state index is -1.69. The van der Waals surface area contributed by atoms with E-state index in [9.17, 15) is 14.4 Å². The minimum Gasteiger partial charge on any atom is -0.479 e. The van der Waals surface area contributed by atoms with Crippen LogP contribution in [0.2, 0.25) is 0 Å². The molecule has 0 aromatic carbocycles. The summed E-state index contributed by atoms with van der Waals surface area (Å²) in [5, 5.41) is 19.9. The number of carboxylic acids is 1. The molecule has 0 spiro atoms. The van der Waals surface area contributed by atoms with Gasteiger partial charge in [-0.3, -0.25) is 4.79 Å². The van der Waals surface area contributed by atoms with Gasteiger partial charge in [-0.25, -0.2) is 4.79 Å². The van der Waals surface area contributed by atoms with E-state index in [0.29, 0.717) is 52.7 Å². The Balaban J connectivity index is 0. The summed E-state index contributed by atoms with van der Waals surface area (Å²) in [4.78, 5) is 31.6. The summed E-state index contributed by atoms with van der Waals surface area (Å²) in [6.07, 6.45) is -0.994. The van der Waals surface area contributed by atoms with Crippen molar-refractivity contribution in [2.45, 2.75) is 32.8 Å². The first-order valence-electron chi connectivity index (χ1n) is 9.00. The summed E-state index contributed by atoms with van der Waals surface area (Å²) in [5.74, 6) is -1.99. The fraction of sp³-hybridized carbons (Fsp3) is 0.824.